The summed E-state index contributed by atoms with van der Waals surface area (Å²) < 4.78 is 49.7. The topological polar surface area (TPSA) is 102 Å². The largest absolute Gasteiger partial charge is 0.493 e. The van der Waals surface area contributed by atoms with Gasteiger partial charge in [-0.1, -0.05) is 77.0 Å². The van der Waals surface area contributed by atoms with Crippen LogP contribution in [0.3, 0.4) is 0 Å². The van der Waals surface area contributed by atoms with Crippen LogP contribution >= 0.6 is 0 Å². The van der Waals surface area contributed by atoms with Crippen molar-refractivity contribution in [1.82, 2.24) is 0 Å². The van der Waals surface area contributed by atoms with Gasteiger partial charge in [-0.3, -0.25) is 0 Å². The molecule has 3 aromatic carbocycles. The molecule has 1 aliphatic rings. The highest BCUT2D eigenvalue weighted by Crippen LogP contribution is 2.40. The first kappa shape index (κ1) is 47.3. The third-order valence-electron chi connectivity index (χ3n) is 12.0. The molecule has 4 rings (SSSR count). The Morgan fingerprint density at radius 2 is 1.27 bits per heavy atom. The number of carbonyl (C=O) groups is 2. The van der Waals surface area contributed by atoms with Crippen molar-refractivity contribution in [3.63, 3.8) is 0 Å². The second-order valence-electron chi connectivity index (χ2n) is 16.6. The van der Waals surface area contributed by atoms with Gasteiger partial charge in [0.2, 0.25) is 0 Å². The summed E-state index contributed by atoms with van der Waals surface area (Å²) in [5.74, 6) is -0.616. The molecule has 7 nitrogen and oxygen atoms in total. The maximum absolute atomic E-state index is 16.3. The molecule has 3 aromatic rings. The number of esters is 2. The monoisotopic (exact) mass is 816 g/mol. The number of aryl methyl sites for hydroxylation is 2. The lowest BCUT2D eigenvalue weighted by molar-refractivity contribution is -0.139. The van der Waals surface area contributed by atoms with E-state index in [9.17, 15) is 19.8 Å². The molecule has 59 heavy (non-hydrogen) atoms. The summed E-state index contributed by atoms with van der Waals surface area (Å²) in [5, 5.41) is 20.1. The van der Waals surface area contributed by atoms with E-state index < -0.39 is 29.0 Å². The third kappa shape index (κ3) is 13.6. The van der Waals surface area contributed by atoms with Crippen LogP contribution in [0.2, 0.25) is 0 Å². The quantitative estimate of drug-likeness (QED) is 0.0527. The van der Waals surface area contributed by atoms with Gasteiger partial charge in [-0.25, -0.2) is 18.4 Å². The zero-order valence-electron chi connectivity index (χ0n) is 35.8. The van der Waals surface area contributed by atoms with Gasteiger partial charge in [-0.05, 0) is 148 Å². The van der Waals surface area contributed by atoms with Crippen LogP contribution in [0.15, 0.2) is 72.8 Å². The normalized spacial score (nSPS) is 15.5. The molecule has 0 radical (unpaired) electrons. The molecule has 0 bridgehead atoms. The smallest absolute Gasteiger partial charge is 0.333 e. The number of aliphatic hydroxyl groups excluding tert-OH is 2. The Labute approximate surface area is 350 Å². The van der Waals surface area contributed by atoms with E-state index in [2.05, 4.69) is 32.2 Å². The Kier molecular flexibility index (Phi) is 18.8. The molecule has 2 N–H and O–H groups in total. The second kappa shape index (κ2) is 23.4. The molecule has 0 unspecified atom stereocenters. The first-order chi connectivity index (χ1) is 28.3. The summed E-state index contributed by atoms with van der Waals surface area (Å²) in [4.78, 5) is 24.2. The number of halogens is 2. The standard InChI is InChI=1S/C50H66F2O7/c1-7-9-10-13-36-16-18-37(19-17-36)38-20-22-39(23-21-38)42-30-44(51)46(45(52)31-42)43-28-40(14-11-25-58-48(55)34(3)4)47(57-27-24-50(8-2,32-53)33-54)41(29-43)15-12-26-59-49(56)35(5)6/h20-23,28-31,36-37,53-54H,3,5,7-19,24-27,32-33H2,1-2,4,6H3. The summed E-state index contributed by atoms with van der Waals surface area (Å²) in [7, 11) is 0. The number of aliphatic hydroxyl groups is 2. The number of rotatable bonds is 24. The molecule has 0 heterocycles. The van der Waals surface area contributed by atoms with Crippen molar-refractivity contribution in [2.75, 3.05) is 33.0 Å². The molecule has 0 aromatic heterocycles. The second-order valence-corrected chi connectivity index (χ2v) is 16.6. The highest BCUT2D eigenvalue weighted by atomic mass is 19.1. The summed E-state index contributed by atoms with van der Waals surface area (Å²) in [6.07, 6.45) is 12.4. The van der Waals surface area contributed by atoms with Crippen LogP contribution in [0, 0.1) is 23.0 Å². The van der Waals surface area contributed by atoms with E-state index in [0.717, 1.165) is 11.5 Å². The summed E-state index contributed by atoms with van der Waals surface area (Å²) >= 11 is 0. The van der Waals surface area contributed by atoms with E-state index >= 15 is 8.78 Å². The molecule has 322 valence electrons. The van der Waals surface area contributed by atoms with Gasteiger partial charge in [0.1, 0.15) is 17.4 Å². The van der Waals surface area contributed by atoms with Crippen LogP contribution in [0.4, 0.5) is 8.78 Å². The fourth-order valence-electron chi connectivity index (χ4n) is 7.97. The summed E-state index contributed by atoms with van der Waals surface area (Å²) in [6, 6.07) is 14.3. The van der Waals surface area contributed by atoms with Crippen LogP contribution in [-0.4, -0.2) is 55.2 Å². The first-order valence-electron chi connectivity index (χ1n) is 21.6. The van der Waals surface area contributed by atoms with Gasteiger partial charge < -0.3 is 24.4 Å². The molecular weight excluding hydrogens is 751 g/mol. The Hall–Kier alpha value is -4.34. The highest BCUT2D eigenvalue weighted by molar-refractivity contribution is 5.87. The van der Waals surface area contributed by atoms with E-state index in [1.807, 2.05) is 19.1 Å². The van der Waals surface area contributed by atoms with Crippen molar-refractivity contribution in [1.29, 1.82) is 0 Å². The van der Waals surface area contributed by atoms with Crippen LogP contribution < -0.4 is 4.74 Å². The lowest BCUT2D eigenvalue weighted by Gasteiger charge is -2.29. The minimum Gasteiger partial charge on any atom is -0.493 e. The van der Waals surface area contributed by atoms with Gasteiger partial charge in [0.25, 0.3) is 0 Å². The maximum atomic E-state index is 16.3. The van der Waals surface area contributed by atoms with Gasteiger partial charge in [-0.15, -0.1) is 0 Å². The highest BCUT2D eigenvalue weighted by Gasteiger charge is 2.28. The number of carbonyl (C=O) groups excluding carboxylic acids is 2. The van der Waals surface area contributed by atoms with E-state index in [-0.39, 0.29) is 49.7 Å². The zero-order chi connectivity index (χ0) is 43.0. The van der Waals surface area contributed by atoms with Crippen LogP contribution in [0.25, 0.3) is 22.3 Å². The van der Waals surface area contributed by atoms with E-state index in [1.54, 1.807) is 26.0 Å². The molecule has 0 aliphatic heterocycles. The van der Waals surface area contributed by atoms with Crippen LogP contribution in [0.5, 0.6) is 5.75 Å². The predicted molar refractivity (Wildman–Crippen MR) is 231 cm³/mol. The van der Waals surface area contributed by atoms with Gasteiger partial charge in [0, 0.05) is 16.6 Å². The number of ether oxygens (including phenoxy) is 3. The molecule has 1 fully saturated rings. The van der Waals surface area contributed by atoms with Gasteiger partial charge >= 0.3 is 11.9 Å². The molecule has 0 saturated heterocycles. The average Bonchev–Trinajstić information content (AvgIpc) is 3.23. The molecule has 1 aliphatic carbocycles. The van der Waals surface area contributed by atoms with Crippen molar-refractivity contribution < 1.29 is 42.8 Å². The molecule has 0 spiro atoms. The van der Waals surface area contributed by atoms with Gasteiger partial charge in [-0.2, -0.15) is 0 Å². The van der Waals surface area contributed by atoms with Crippen molar-refractivity contribution >= 4 is 11.9 Å². The minimum absolute atomic E-state index is 0.0893. The third-order valence-corrected chi connectivity index (χ3v) is 12.0. The van der Waals surface area contributed by atoms with Gasteiger partial charge in [0.05, 0.1) is 38.6 Å². The van der Waals surface area contributed by atoms with Crippen LogP contribution in [0.1, 0.15) is 127 Å². The fourth-order valence-corrected chi connectivity index (χ4v) is 7.97. The van der Waals surface area contributed by atoms with Crippen LogP contribution in [-0.2, 0) is 31.9 Å². The summed E-state index contributed by atoms with van der Waals surface area (Å²) in [5.41, 5.74) is 3.70. The van der Waals surface area contributed by atoms with Crippen molar-refractivity contribution in [2.24, 2.45) is 11.3 Å². The molecule has 0 atom stereocenters. The maximum Gasteiger partial charge on any atom is 0.333 e. The van der Waals surface area contributed by atoms with E-state index in [1.165, 1.54) is 69.1 Å². The molecule has 9 heteroatoms. The Bertz CT molecular complexity index is 1770. The Morgan fingerprint density at radius 3 is 1.75 bits per heavy atom. The number of benzene rings is 3. The Morgan fingerprint density at radius 1 is 0.729 bits per heavy atom. The number of hydrogen-bond acceptors (Lipinski definition) is 7. The minimum atomic E-state index is -0.741. The average molecular weight is 817 g/mol. The molecule has 0 amide bonds. The van der Waals surface area contributed by atoms with Crippen molar-refractivity contribution in [3.05, 3.63) is 101 Å². The molecule has 1 saturated carbocycles. The molecular formula is C50H66F2O7. The van der Waals surface area contributed by atoms with Crippen molar-refractivity contribution in [2.45, 2.75) is 124 Å². The number of hydrogen-bond donors (Lipinski definition) is 2. The lowest BCUT2D eigenvalue weighted by Crippen LogP contribution is -2.31. The SMILES string of the molecule is C=C(C)C(=O)OCCCc1cc(-c2c(F)cc(-c3ccc(C4CCC(CCCCC)CC4)cc3)cc2F)cc(CCCOC(=O)C(=C)C)c1OCCC(CC)(CO)CO. The zero-order valence-corrected chi connectivity index (χ0v) is 35.8. The van der Waals surface area contributed by atoms with E-state index in [0.29, 0.717) is 72.4 Å². The lowest BCUT2D eigenvalue weighted by atomic mass is 9.77. The predicted octanol–water partition coefficient (Wildman–Crippen LogP) is 11.4. The summed E-state index contributed by atoms with van der Waals surface area (Å²) in [6.45, 7) is 14.4. The fraction of sp³-hybridized carbons (Fsp3) is 0.520. The van der Waals surface area contributed by atoms with E-state index in [4.69, 9.17) is 14.2 Å². The first-order valence-corrected chi connectivity index (χ1v) is 21.6. The van der Waals surface area contributed by atoms with Gasteiger partial charge in [0.15, 0.2) is 0 Å². The Balaban J connectivity index is 1.65. The van der Waals surface area contributed by atoms with Crippen molar-refractivity contribution in [3.8, 4) is 28.0 Å². The number of unbranched alkanes of at least 4 members (excludes halogenated alkanes) is 2.